The Morgan fingerprint density at radius 2 is 2.08 bits per heavy atom. The summed E-state index contributed by atoms with van der Waals surface area (Å²) in [5.74, 6) is 0.172. The number of hydrogen-bond acceptors (Lipinski definition) is 6. The maximum Gasteiger partial charge on any atom is 0.225 e. The predicted molar refractivity (Wildman–Crippen MR) is 93.5 cm³/mol. The number of sulfone groups is 1. The Morgan fingerprint density at radius 3 is 2.76 bits per heavy atom. The van der Waals surface area contributed by atoms with Crippen LogP contribution < -0.4 is 5.32 Å². The first-order valence-electron chi connectivity index (χ1n) is 8.30. The molecule has 0 atom stereocenters. The van der Waals surface area contributed by atoms with E-state index in [0.717, 1.165) is 31.2 Å². The summed E-state index contributed by atoms with van der Waals surface area (Å²) >= 11 is 0. The third-order valence-electron chi connectivity index (χ3n) is 4.45. The molecule has 1 aromatic carbocycles. The highest BCUT2D eigenvalue weighted by Crippen LogP contribution is 2.25. The summed E-state index contributed by atoms with van der Waals surface area (Å²) in [4.78, 5) is 12.1. The van der Waals surface area contributed by atoms with E-state index in [9.17, 15) is 13.2 Å². The number of aryl methyl sites for hydroxylation is 1. The molecule has 1 N–H and O–H groups in total. The molecule has 1 heterocycles. The highest BCUT2D eigenvalue weighted by atomic mass is 32.2. The fourth-order valence-electron chi connectivity index (χ4n) is 3.08. The maximum atomic E-state index is 12.2. The Hall–Kier alpha value is -2.29. The van der Waals surface area contributed by atoms with Gasteiger partial charge in [-0.2, -0.15) is 0 Å². The van der Waals surface area contributed by atoms with Gasteiger partial charge in [-0.15, -0.1) is 5.10 Å². The molecule has 1 fully saturated rings. The van der Waals surface area contributed by atoms with Crippen LogP contribution in [0.25, 0.3) is 11.4 Å². The zero-order chi connectivity index (χ0) is 17.9. The average Bonchev–Trinajstić information content (AvgIpc) is 3.25. The van der Waals surface area contributed by atoms with Crippen molar-refractivity contribution in [2.24, 2.45) is 7.05 Å². The van der Waals surface area contributed by atoms with E-state index in [1.165, 1.54) is 4.68 Å². The molecule has 3 rings (SSSR count). The molecule has 1 aliphatic carbocycles. The second-order valence-electron chi connectivity index (χ2n) is 6.28. The Labute approximate surface area is 146 Å². The van der Waals surface area contributed by atoms with E-state index in [1.54, 1.807) is 25.2 Å². The van der Waals surface area contributed by atoms with E-state index in [4.69, 9.17) is 0 Å². The third-order valence-corrected chi connectivity index (χ3v) is 6.71. The van der Waals surface area contributed by atoms with Crippen molar-refractivity contribution in [1.29, 1.82) is 0 Å². The number of benzene rings is 1. The van der Waals surface area contributed by atoms with Crippen LogP contribution in [0.2, 0.25) is 0 Å². The maximum absolute atomic E-state index is 12.2. The van der Waals surface area contributed by atoms with Crippen LogP contribution in [0.3, 0.4) is 0 Å². The lowest BCUT2D eigenvalue weighted by atomic mass is 10.2. The van der Waals surface area contributed by atoms with Crippen molar-refractivity contribution in [3.05, 3.63) is 24.3 Å². The van der Waals surface area contributed by atoms with Crippen LogP contribution in [0.15, 0.2) is 24.3 Å². The molecule has 0 unspecified atom stereocenters. The number of carbonyl (C=O) groups excluding carboxylic acids is 1. The van der Waals surface area contributed by atoms with E-state index in [0.29, 0.717) is 11.5 Å². The topological polar surface area (TPSA) is 107 Å². The monoisotopic (exact) mass is 363 g/mol. The van der Waals surface area contributed by atoms with Gasteiger partial charge in [0.05, 0.1) is 11.0 Å². The number of nitrogens with one attached hydrogen (secondary N) is 1. The van der Waals surface area contributed by atoms with Crippen molar-refractivity contribution in [2.75, 3.05) is 11.1 Å². The third kappa shape index (κ3) is 4.22. The van der Waals surface area contributed by atoms with Gasteiger partial charge in [0.1, 0.15) is 0 Å². The number of rotatable bonds is 6. The minimum absolute atomic E-state index is 0.0332. The summed E-state index contributed by atoms with van der Waals surface area (Å²) in [7, 11) is -1.46. The fourth-order valence-corrected chi connectivity index (χ4v) is 4.94. The number of hydrogen-bond donors (Lipinski definition) is 1. The van der Waals surface area contributed by atoms with Crippen LogP contribution in [0.5, 0.6) is 0 Å². The van der Waals surface area contributed by atoms with Gasteiger partial charge < -0.3 is 5.32 Å². The number of amides is 1. The van der Waals surface area contributed by atoms with Crippen molar-refractivity contribution >= 4 is 21.4 Å². The first-order valence-corrected chi connectivity index (χ1v) is 10.0. The van der Waals surface area contributed by atoms with Crippen molar-refractivity contribution in [1.82, 2.24) is 20.2 Å². The lowest BCUT2D eigenvalue weighted by Gasteiger charge is -2.11. The summed E-state index contributed by atoms with van der Waals surface area (Å²) in [5, 5.41) is 13.8. The van der Waals surface area contributed by atoms with Gasteiger partial charge in [-0.3, -0.25) is 4.79 Å². The van der Waals surface area contributed by atoms with Crippen LogP contribution in [0.1, 0.15) is 32.1 Å². The van der Waals surface area contributed by atoms with E-state index in [-0.39, 0.29) is 23.3 Å². The second-order valence-corrected chi connectivity index (χ2v) is 8.68. The van der Waals surface area contributed by atoms with Crippen molar-refractivity contribution in [2.45, 2.75) is 37.4 Å². The summed E-state index contributed by atoms with van der Waals surface area (Å²) in [6, 6.07) is 7.13. The lowest BCUT2D eigenvalue weighted by molar-refractivity contribution is -0.115. The van der Waals surface area contributed by atoms with Crippen LogP contribution >= 0.6 is 0 Å². The number of carbonyl (C=O) groups is 1. The lowest BCUT2D eigenvalue weighted by Crippen LogP contribution is -2.24. The number of aromatic nitrogens is 4. The number of tetrazole rings is 1. The zero-order valence-corrected chi connectivity index (χ0v) is 14.9. The zero-order valence-electron chi connectivity index (χ0n) is 14.1. The molecule has 0 radical (unpaired) electrons. The summed E-state index contributed by atoms with van der Waals surface area (Å²) in [6.07, 6.45) is 3.32. The standard InChI is InChI=1S/C16H21N5O3S/c1-21-16(18-19-20-21)12-5-4-6-13(11-12)17-15(22)9-10-25(23,24)14-7-2-3-8-14/h4-6,11,14H,2-3,7-10H2,1H3,(H,17,22). The molecule has 0 bridgehead atoms. The SMILES string of the molecule is Cn1nnnc1-c1cccc(NC(=O)CCS(=O)(=O)C2CCCC2)c1. The first-order chi connectivity index (χ1) is 12.0. The number of anilines is 1. The fraction of sp³-hybridized carbons (Fsp3) is 0.500. The number of nitrogens with zero attached hydrogens (tertiary/aromatic N) is 4. The van der Waals surface area contributed by atoms with Gasteiger partial charge in [0.25, 0.3) is 0 Å². The summed E-state index contributed by atoms with van der Waals surface area (Å²) in [5.41, 5.74) is 1.35. The van der Waals surface area contributed by atoms with Gasteiger partial charge in [-0.25, -0.2) is 13.1 Å². The molecule has 1 aromatic heterocycles. The first kappa shape index (κ1) is 17.5. The highest BCUT2D eigenvalue weighted by Gasteiger charge is 2.28. The van der Waals surface area contributed by atoms with Gasteiger partial charge in [0, 0.05) is 24.7 Å². The minimum Gasteiger partial charge on any atom is -0.326 e. The van der Waals surface area contributed by atoms with Crippen molar-refractivity contribution in [3.8, 4) is 11.4 Å². The van der Waals surface area contributed by atoms with Crippen LogP contribution in [0, 0.1) is 0 Å². The molecular formula is C16H21N5O3S. The van der Waals surface area contributed by atoms with Gasteiger partial charge in [-0.1, -0.05) is 25.0 Å². The van der Waals surface area contributed by atoms with Crippen molar-refractivity contribution < 1.29 is 13.2 Å². The molecule has 1 saturated carbocycles. The van der Waals surface area contributed by atoms with E-state index >= 15 is 0 Å². The molecule has 1 aliphatic rings. The van der Waals surface area contributed by atoms with E-state index < -0.39 is 9.84 Å². The van der Waals surface area contributed by atoms with E-state index in [1.807, 2.05) is 6.07 Å². The largest absolute Gasteiger partial charge is 0.326 e. The minimum atomic E-state index is -3.19. The molecule has 25 heavy (non-hydrogen) atoms. The van der Waals surface area contributed by atoms with Gasteiger partial charge in [0.2, 0.25) is 5.91 Å². The van der Waals surface area contributed by atoms with Gasteiger partial charge in [-0.05, 0) is 35.4 Å². The van der Waals surface area contributed by atoms with Crippen LogP contribution in [-0.4, -0.2) is 45.5 Å². The average molecular weight is 363 g/mol. The Bertz CT molecular complexity index is 856. The molecule has 0 saturated heterocycles. The second kappa shape index (κ2) is 7.30. The van der Waals surface area contributed by atoms with Crippen LogP contribution in [-0.2, 0) is 21.7 Å². The predicted octanol–water partition coefficient (Wildman–Crippen LogP) is 1.56. The smallest absolute Gasteiger partial charge is 0.225 e. The van der Waals surface area contributed by atoms with Gasteiger partial charge >= 0.3 is 0 Å². The summed E-state index contributed by atoms with van der Waals surface area (Å²) < 4.78 is 26.0. The Kier molecular flexibility index (Phi) is 5.12. The quantitative estimate of drug-likeness (QED) is 0.835. The van der Waals surface area contributed by atoms with E-state index in [2.05, 4.69) is 20.8 Å². The van der Waals surface area contributed by atoms with Gasteiger partial charge in [0.15, 0.2) is 15.7 Å². The highest BCUT2D eigenvalue weighted by molar-refractivity contribution is 7.92. The summed E-state index contributed by atoms with van der Waals surface area (Å²) in [6.45, 7) is 0. The molecule has 8 nitrogen and oxygen atoms in total. The molecule has 134 valence electrons. The molecule has 9 heteroatoms. The normalized spacial score (nSPS) is 15.4. The molecule has 2 aromatic rings. The van der Waals surface area contributed by atoms with Crippen molar-refractivity contribution in [3.63, 3.8) is 0 Å². The molecule has 1 amide bonds. The molecular weight excluding hydrogens is 342 g/mol. The Morgan fingerprint density at radius 1 is 1.32 bits per heavy atom. The molecule has 0 aliphatic heterocycles. The Balaban J connectivity index is 1.61. The molecule has 0 spiro atoms. The van der Waals surface area contributed by atoms with Crippen LogP contribution in [0.4, 0.5) is 5.69 Å².